The van der Waals surface area contributed by atoms with Crippen molar-refractivity contribution in [3.8, 4) is 5.75 Å². The molecule has 1 aromatic rings. The Bertz CT molecular complexity index is 796. The van der Waals surface area contributed by atoms with Crippen molar-refractivity contribution < 1.29 is 14.5 Å². The maximum atomic E-state index is 12.6. The monoisotopic (exact) mass is 373 g/mol. The van der Waals surface area contributed by atoms with Gasteiger partial charge in [-0.1, -0.05) is 13.8 Å². The molecule has 0 radical (unpaired) electrons. The second-order valence-corrected chi connectivity index (χ2v) is 7.49. The van der Waals surface area contributed by atoms with Crippen LogP contribution in [0.4, 0.5) is 5.69 Å². The van der Waals surface area contributed by atoms with Crippen LogP contribution in [-0.2, 0) is 4.79 Å². The number of ether oxygens (including phenoxy) is 1. The average molecular weight is 373 g/mol. The summed E-state index contributed by atoms with van der Waals surface area (Å²) in [5, 5.41) is 11.3. The minimum Gasteiger partial charge on any atom is -0.483 e. The molecule has 2 heterocycles. The van der Waals surface area contributed by atoms with E-state index in [1.54, 1.807) is 11.0 Å². The summed E-state index contributed by atoms with van der Waals surface area (Å²) in [6.07, 6.45) is 1.31. The lowest BCUT2D eigenvalue weighted by atomic mass is 9.88. The number of nitro benzene ring substituents is 1. The van der Waals surface area contributed by atoms with E-state index >= 15 is 0 Å². The largest absolute Gasteiger partial charge is 0.483 e. The number of benzene rings is 1. The summed E-state index contributed by atoms with van der Waals surface area (Å²) in [7, 11) is 0. The number of nitro groups is 1. The van der Waals surface area contributed by atoms with Gasteiger partial charge in [-0.3, -0.25) is 19.8 Å². The second-order valence-electron chi connectivity index (χ2n) is 7.49. The molecule has 7 heteroatoms. The first-order chi connectivity index (χ1) is 12.8. The van der Waals surface area contributed by atoms with Gasteiger partial charge in [-0.2, -0.15) is 0 Å². The highest BCUT2D eigenvalue weighted by Crippen LogP contribution is 2.45. The van der Waals surface area contributed by atoms with Crippen molar-refractivity contribution >= 4 is 17.3 Å². The minimum absolute atomic E-state index is 0.00314. The Hall–Kier alpha value is -2.41. The van der Waals surface area contributed by atoms with Gasteiger partial charge in [-0.25, -0.2) is 0 Å². The maximum Gasteiger partial charge on any atom is 0.270 e. The van der Waals surface area contributed by atoms with E-state index in [-0.39, 0.29) is 11.6 Å². The van der Waals surface area contributed by atoms with E-state index in [1.165, 1.54) is 12.1 Å². The Morgan fingerprint density at radius 2 is 2.00 bits per heavy atom. The van der Waals surface area contributed by atoms with Gasteiger partial charge >= 0.3 is 0 Å². The summed E-state index contributed by atoms with van der Waals surface area (Å²) >= 11 is 0. The first-order valence-corrected chi connectivity index (χ1v) is 9.52. The van der Waals surface area contributed by atoms with Crippen LogP contribution in [0, 0.1) is 10.1 Å². The number of fused-ring (bicyclic) bond motifs is 1. The van der Waals surface area contributed by atoms with Crippen molar-refractivity contribution in [3.05, 3.63) is 39.4 Å². The molecule has 0 N–H and O–H groups in total. The molecule has 1 aromatic carbocycles. The predicted molar refractivity (Wildman–Crippen MR) is 103 cm³/mol. The Balaban J connectivity index is 2.23. The lowest BCUT2D eigenvalue weighted by molar-refractivity contribution is -0.384. The molecule has 2 aliphatic rings. The van der Waals surface area contributed by atoms with Crippen LogP contribution in [-0.4, -0.2) is 52.4 Å². The molecule has 2 aliphatic heterocycles. The molecule has 3 rings (SSSR count). The van der Waals surface area contributed by atoms with Gasteiger partial charge in [0.25, 0.3) is 5.69 Å². The van der Waals surface area contributed by atoms with Crippen molar-refractivity contribution in [2.24, 2.45) is 0 Å². The number of nitrogens with zero attached hydrogens (tertiary/aromatic N) is 3. The van der Waals surface area contributed by atoms with Crippen molar-refractivity contribution in [2.45, 2.75) is 46.1 Å². The zero-order chi connectivity index (χ0) is 19.8. The molecule has 1 amide bonds. The predicted octanol–water partition coefficient (Wildman–Crippen LogP) is 3.44. The topological polar surface area (TPSA) is 75.9 Å². The molecule has 0 bridgehead atoms. The zero-order valence-corrected chi connectivity index (χ0v) is 16.4. The van der Waals surface area contributed by atoms with Crippen LogP contribution in [0.1, 0.15) is 46.1 Å². The normalized spacial score (nSPS) is 18.7. The number of likely N-dealkylation sites (tertiary alicyclic amines) is 1. The van der Waals surface area contributed by atoms with Crippen molar-refractivity contribution in [2.75, 3.05) is 26.2 Å². The van der Waals surface area contributed by atoms with Crippen molar-refractivity contribution in [1.29, 1.82) is 0 Å². The molecule has 0 unspecified atom stereocenters. The van der Waals surface area contributed by atoms with Gasteiger partial charge in [0, 0.05) is 42.8 Å². The summed E-state index contributed by atoms with van der Waals surface area (Å²) in [4.78, 5) is 27.6. The fourth-order valence-corrected chi connectivity index (χ4v) is 3.82. The summed E-state index contributed by atoms with van der Waals surface area (Å²) in [5.74, 6) is 0.654. The minimum atomic E-state index is -0.607. The first-order valence-electron chi connectivity index (χ1n) is 9.52. The van der Waals surface area contributed by atoms with Gasteiger partial charge in [0.1, 0.15) is 11.4 Å². The van der Waals surface area contributed by atoms with Gasteiger partial charge in [0.15, 0.2) is 0 Å². The van der Waals surface area contributed by atoms with Gasteiger partial charge in [0.05, 0.1) is 10.6 Å². The zero-order valence-electron chi connectivity index (χ0n) is 16.4. The molecule has 27 heavy (non-hydrogen) atoms. The van der Waals surface area contributed by atoms with Crippen LogP contribution in [0.15, 0.2) is 23.8 Å². The smallest absolute Gasteiger partial charge is 0.270 e. The maximum absolute atomic E-state index is 12.6. The van der Waals surface area contributed by atoms with Gasteiger partial charge in [0.2, 0.25) is 5.91 Å². The lowest BCUT2D eigenvalue weighted by Gasteiger charge is -2.41. The van der Waals surface area contributed by atoms with Crippen LogP contribution in [0.3, 0.4) is 0 Å². The van der Waals surface area contributed by atoms with Crippen molar-refractivity contribution in [3.63, 3.8) is 0 Å². The number of hydrogen-bond acceptors (Lipinski definition) is 5. The molecule has 0 aromatic heterocycles. The SMILES string of the molecule is CCN(CC)CC1=C(N2CCCC2=O)c2cc([N+](=O)[O-])ccc2OC1(C)C. The van der Waals surface area contributed by atoms with E-state index in [2.05, 4.69) is 18.7 Å². The van der Waals surface area contributed by atoms with Crippen LogP contribution in [0.2, 0.25) is 0 Å². The van der Waals surface area contributed by atoms with Crippen molar-refractivity contribution in [1.82, 2.24) is 9.80 Å². The number of hydrogen-bond donors (Lipinski definition) is 0. The summed E-state index contributed by atoms with van der Waals surface area (Å²) < 4.78 is 6.24. The third-order valence-corrected chi connectivity index (χ3v) is 5.43. The molecule has 1 fully saturated rings. The highest BCUT2D eigenvalue weighted by atomic mass is 16.6. The molecule has 0 saturated carbocycles. The van der Waals surface area contributed by atoms with E-state index in [0.29, 0.717) is 30.8 Å². The number of rotatable bonds is 6. The lowest BCUT2D eigenvalue weighted by Crippen LogP contribution is -2.43. The summed E-state index contributed by atoms with van der Waals surface area (Å²) in [6.45, 7) is 11.2. The number of non-ortho nitro benzene ring substituents is 1. The summed E-state index contributed by atoms with van der Waals surface area (Å²) in [6, 6.07) is 4.63. The molecule has 0 aliphatic carbocycles. The number of carbonyl (C=O) groups excluding carboxylic acids is 1. The molecule has 1 saturated heterocycles. The average Bonchev–Trinajstić information content (AvgIpc) is 3.04. The van der Waals surface area contributed by atoms with E-state index in [9.17, 15) is 14.9 Å². The third-order valence-electron chi connectivity index (χ3n) is 5.43. The van der Waals surface area contributed by atoms with E-state index in [1.807, 2.05) is 13.8 Å². The Morgan fingerprint density at radius 3 is 2.56 bits per heavy atom. The standard InChI is InChI=1S/C20H27N3O4/c1-5-21(6-2)13-16-19(22-11-7-8-18(22)24)15-12-14(23(25)26)9-10-17(15)27-20(16,3)4/h9-10,12H,5-8,11,13H2,1-4H3. The van der Waals surface area contributed by atoms with Crippen LogP contribution in [0.5, 0.6) is 5.75 Å². The number of amides is 1. The summed E-state index contributed by atoms with van der Waals surface area (Å²) in [5.41, 5.74) is 1.82. The Labute approximate surface area is 159 Å². The van der Waals surface area contributed by atoms with Gasteiger partial charge in [-0.05, 0) is 39.4 Å². The molecule has 7 nitrogen and oxygen atoms in total. The number of carbonyl (C=O) groups is 1. The van der Waals surface area contributed by atoms with E-state index < -0.39 is 10.5 Å². The second kappa shape index (κ2) is 7.31. The molecule has 146 valence electrons. The Morgan fingerprint density at radius 1 is 1.30 bits per heavy atom. The highest BCUT2D eigenvalue weighted by Gasteiger charge is 2.40. The molecular weight excluding hydrogens is 346 g/mol. The van der Waals surface area contributed by atoms with Crippen LogP contribution in [0.25, 0.3) is 5.70 Å². The van der Waals surface area contributed by atoms with Gasteiger partial charge in [-0.15, -0.1) is 0 Å². The number of likely N-dealkylation sites (N-methyl/N-ethyl adjacent to an activating group) is 1. The van der Waals surface area contributed by atoms with E-state index in [4.69, 9.17) is 4.74 Å². The molecule has 0 atom stereocenters. The van der Waals surface area contributed by atoms with Gasteiger partial charge < -0.3 is 9.64 Å². The fourth-order valence-electron chi connectivity index (χ4n) is 3.82. The fraction of sp³-hybridized carbons (Fsp3) is 0.550. The quantitative estimate of drug-likeness (QED) is 0.564. The molecule has 0 spiro atoms. The Kier molecular flexibility index (Phi) is 5.24. The van der Waals surface area contributed by atoms with Crippen LogP contribution < -0.4 is 4.74 Å². The van der Waals surface area contributed by atoms with Crippen LogP contribution >= 0.6 is 0 Å². The van der Waals surface area contributed by atoms with E-state index in [0.717, 1.165) is 30.8 Å². The third kappa shape index (κ3) is 3.56. The molecular formula is C20H27N3O4. The first kappa shape index (κ1) is 19.4. The highest BCUT2D eigenvalue weighted by molar-refractivity contribution is 5.92.